The fraction of sp³-hybridized carbons (Fsp3) is 0.357. The maximum atomic E-state index is 5.91. The molecule has 2 aromatic rings. The Kier molecular flexibility index (Phi) is 4.47. The third-order valence-electron chi connectivity index (χ3n) is 2.98. The van der Waals surface area contributed by atoms with Crippen LogP contribution in [-0.2, 0) is 6.54 Å². The topological polar surface area (TPSA) is 55.9 Å². The van der Waals surface area contributed by atoms with Crippen molar-refractivity contribution in [3.05, 3.63) is 40.1 Å². The second-order valence-electron chi connectivity index (χ2n) is 4.66. The Hall–Kier alpha value is -1.49. The summed E-state index contributed by atoms with van der Waals surface area (Å²) in [5.41, 5.74) is 9.94. The van der Waals surface area contributed by atoms with Crippen LogP contribution in [0, 0.1) is 13.8 Å². The highest BCUT2D eigenvalue weighted by molar-refractivity contribution is 9.10. The number of aromatic nitrogens is 2. The summed E-state index contributed by atoms with van der Waals surface area (Å²) in [5, 5.41) is 7.80. The van der Waals surface area contributed by atoms with Gasteiger partial charge >= 0.3 is 0 Å². The SMILES string of the molecule is Cc1cc(C)n(CCCNc2cc(Br)ccc2N)n1. The zero-order valence-corrected chi connectivity index (χ0v) is 12.9. The van der Waals surface area contributed by atoms with E-state index < -0.39 is 0 Å². The van der Waals surface area contributed by atoms with Crippen molar-refractivity contribution in [1.29, 1.82) is 0 Å². The molecule has 0 bridgehead atoms. The normalized spacial score (nSPS) is 10.7. The first-order valence-electron chi connectivity index (χ1n) is 6.36. The summed E-state index contributed by atoms with van der Waals surface area (Å²) in [6.07, 6.45) is 1.01. The van der Waals surface area contributed by atoms with Crippen LogP contribution in [0.5, 0.6) is 0 Å². The minimum Gasteiger partial charge on any atom is -0.397 e. The van der Waals surface area contributed by atoms with Gasteiger partial charge < -0.3 is 11.1 Å². The third kappa shape index (κ3) is 3.73. The Labute approximate surface area is 122 Å². The smallest absolute Gasteiger partial charge is 0.0596 e. The van der Waals surface area contributed by atoms with Crippen LogP contribution >= 0.6 is 15.9 Å². The largest absolute Gasteiger partial charge is 0.397 e. The number of benzene rings is 1. The van der Waals surface area contributed by atoms with E-state index in [1.807, 2.05) is 29.8 Å². The van der Waals surface area contributed by atoms with Crippen molar-refractivity contribution in [2.75, 3.05) is 17.6 Å². The number of nitrogen functional groups attached to an aromatic ring is 1. The van der Waals surface area contributed by atoms with Crippen molar-refractivity contribution in [2.24, 2.45) is 0 Å². The van der Waals surface area contributed by atoms with Gasteiger partial charge in [0.25, 0.3) is 0 Å². The number of halogens is 1. The number of anilines is 2. The molecule has 1 aromatic carbocycles. The molecule has 0 aliphatic rings. The van der Waals surface area contributed by atoms with Crippen molar-refractivity contribution in [3.8, 4) is 0 Å². The summed E-state index contributed by atoms with van der Waals surface area (Å²) in [6.45, 7) is 5.89. The van der Waals surface area contributed by atoms with Crippen molar-refractivity contribution in [2.45, 2.75) is 26.8 Å². The van der Waals surface area contributed by atoms with Gasteiger partial charge in [0.1, 0.15) is 0 Å². The molecule has 0 saturated heterocycles. The van der Waals surface area contributed by atoms with Gasteiger partial charge in [0, 0.05) is 23.3 Å². The monoisotopic (exact) mass is 322 g/mol. The van der Waals surface area contributed by atoms with Gasteiger partial charge in [-0.1, -0.05) is 15.9 Å². The van der Waals surface area contributed by atoms with E-state index in [1.165, 1.54) is 5.69 Å². The Morgan fingerprint density at radius 1 is 1.32 bits per heavy atom. The third-order valence-corrected chi connectivity index (χ3v) is 3.47. The molecule has 0 unspecified atom stereocenters. The number of nitrogens with two attached hydrogens (primary N) is 1. The quantitative estimate of drug-likeness (QED) is 0.655. The van der Waals surface area contributed by atoms with Gasteiger partial charge in [-0.2, -0.15) is 5.10 Å². The standard InChI is InChI=1S/C14H19BrN4/c1-10-8-11(2)19(18-10)7-3-6-17-14-9-12(15)4-5-13(14)16/h4-5,8-9,17H,3,6-7,16H2,1-2H3. The Bertz CT molecular complexity index is 563. The van der Waals surface area contributed by atoms with E-state index in [9.17, 15) is 0 Å². The molecule has 0 spiro atoms. The first kappa shape index (κ1) is 13.9. The van der Waals surface area contributed by atoms with E-state index in [0.29, 0.717) is 0 Å². The second-order valence-corrected chi connectivity index (χ2v) is 5.58. The van der Waals surface area contributed by atoms with Crippen LogP contribution in [0.3, 0.4) is 0 Å². The molecule has 5 heteroatoms. The van der Waals surface area contributed by atoms with E-state index in [4.69, 9.17) is 5.73 Å². The highest BCUT2D eigenvalue weighted by Gasteiger charge is 2.02. The first-order chi connectivity index (χ1) is 9.06. The van der Waals surface area contributed by atoms with E-state index in [2.05, 4.69) is 39.3 Å². The number of hydrogen-bond donors (Lipinski definition) is 2. The molecule has 19 heavy (non-hydrogen) atoms. The molecule has 3 N–H and O–H groups in total. The maximum absolute atomic E-state index is 5.91. The lowest BCUT2D eigenvalue weighted by Gasteiger charge is -2.10. The average Bonchev–Trinajstić information content (AvgIpc) is 2.67. The first-order valence-corrected chi connectivity index (χ1v) is 7.15. The highest BCUT2D eigenvalue weighted by atomic mass is 79.9. The van der Waals surface area contributed by atoms with E-state index in [1.54, 1.807) is 0 Å². The van der Waals surface area contributed by atoms with Crippen molar-refractivity contribution in [1.82, 2.24) is 9.78 Å². The fourth-order valence-electron chi connectivity index (χ4n) is 2.03. The van der Waals surface area contributed by atoms with Gasteiger partial charge in [0.15, 0.2) is 0 Å². The van der Waals surface area contributed by atoms with Gasteiger partial charge in [-0.15, -0.1) is 0 Å². The van der Waals surface area contributed by atoms with Crippen LogP contribution in [0.1, 0.15) is 17.8 Å². The molecule has 0 saturated carbocycles. The van der Waals surface area contributed by atoms with Crippen LogP contribution in [0.4, 0.5) is 11.4 Å². The molecule has 0 aliphatic heterocycles. The second kappa shape index (κ2) is 6.10. The van der Waals surface area contributed by atoms with Crippen LogP contribution < -0.4 is 11.1 Å². The Morgan fingerprint density at radius 2 is 2.11 bits per heavy atom. The molecule has 0 atom stereocenters. The lowest BCUT2D eigenvalue weighted by atomic mass is 10.2. The molecule has 4 nitrogen and oxygen atoms in total. The molecule has 1 heterocycles. The Balaban J connectivity index is 1.84. The van der Waals surface area contributed by atoms with E-state index in [0.717, 1.165) is 41.1 Å². The molecular weight excluding hydrogens is 304 g/mol. The minimum absolute atomic E-state index is 0.773. The predicted molar refractivity (Wildman–Crippen MR) is 83.4 cm³/mol. The molecule has 0 amide bonds. The zero-order valence-electron chi connectivity index (χ0n) is 11.3. The molecule has 102 valence electrons. The minimum atomic E-state index is 0.773. The number of nitrogens with one attached hydrogen (secondary N) is 1. The van der Waals surface area contributed by atoms with Crippen LogP contribution in [-0.4, -0.2) is 16.3 Å². The van der Waals surface area contributed by atoms with Crippen molar-refractivity contribution in [3.63, 3.8) is 0 Å². The molecular formula is C14H19BrN4. The van der Waals surface area contributed by atoms with Crippen LogP contribution in [0.15, 0.2) is 28.7 Å². The molecule has 0 radical (unpaired) electrons. The summed E-state index contributed by atoms with van der Waals surface area (Å²) >= 11 is 3.44. The highest BCUT2D eigenvalue weighted by Crippen LogP contribution is 2.23. The summed E-state index contributed by atoms with van der Waals surface area (Å²) in [7, 11) is 0. The molecule has 0 aliphatic carbocycles. The van der Waals surface area contributed by atoms with Gasteiger partial charge in [-0.3, -0.25) is 4.68 Å². The molecule has 2 rings (SSSR count). The maximum Gasteiger partial charge on any atom is 0.0596 e. The van der Waals surface area contributed by atoms with Gasteiger partial charge in [-0.25, -0.2) is 0 Å². The van der Waals surface area contributed by atoms with Gasteiger partial charge in [0.05, 0.1) is 17.1 Å². The lowest BCUT2D eigenvalue weighted by Crippen LogP contribution is -2.09. The number of hydrogen-bond acceptors (Lipinski definition) is 3. The lowest BCUT2D eigenvalue weighted by molar-refractivity contribution is 0.574. The summed E-state index contributed by atoms with van der Waals surface area (Å²) < 4.78 is 3.07. The van der Waals surface area contributed by atoms with E-state index >= 15 is 0 Å². The van der Waals surface area contributed by atoms with Gasteiger partial charge in [0.2, 0.25) is 0 Å². The average molecular weight is 323 g/mol. The van der Waals surface area contributed by atoms with E-state index in [-0.39, 0.29) is 0 Å². The van der Waals surface area contributed by atoms with Crippen LogP contribution in [0.25, 0.3) is 0 Å². The van der Waals surface area contributed by atoms with Gasteiger partial charge in [-0.05, 0) is 44.5 Å². The Morgan fingerprint density at radius 3 is 2.79 bits per heavy atom. The molecule has 1 aromatic heterocycles. The number of rotatable bonds is 5. The number of aryl methyl sites for hydroxylation is 3. The summed E-state index contributed by atoms with van der Waals surface area (Å²) in [6, 6.07) is 7.93. The zero-order chi connectivity index (χ0) is 13.8. The fourth-order valence-corrected chi connectivity index (χ4v) is 2.40. The van der Waals surface area contributed by atoms with Crippen molar-refractivity contribution < 1.29 is 0 Å². The van der Waals surface area contributed by atoms with Crippen molar-refractivity contribution >= 4 is 27.3 Å². The summed E-state index contributed by atoms with van der Waals surface area (Å²) in [4.78, 5) is 0. The number of nitrogens with zero attached hydrogens (tertiary/aromatic N) is 2. The van der Waals surface area contributed by atoms with Crippen LogP contribution in [0.2, 0.25) is 0 Å². The predicted octanol–water partition coefficient (Wildman–Crippen LogP) is 3.35. The summed E-state index contributed by atoms with van der Waals surface area (Å²) in [5.74, 6) is 0. The molecule has 0 fully saturated rings.